The van der Waals surface area contributed by atoms with Crippen molar-refractivity contribution in [3.05, 3.63) is 0 Å². The van der Waals surface area contributed by atoms with Gasteiger partial charge < -0.3 is 14.2 Å². The molecule has 82 valence electrons. The van der Waals surface area contributed by atoms with E-state index in [2.05, 4.69) is 9.47 Å². The van der Waals surface area contributed by atoms with Gasteiger partial charge in [0, 0.05) is 14.2 Å². The van der Waals surface area contributed by atoms with Crippen molar-refractivity contribution in [2.45, 2.75) is 13.0 Å². The van der Waals surface area contributed by atoms with Crippen LogP contribution >= 0.6 is 0 Å². The molecule has 5 nitrogen and oxygen atoms in total. The summed E-state index contributed by atoms with van der Waals surface area (Å²) in [5.74, 6) is -1.36. The smallest absolute Gasteiger partial charge is 0.311 e. The number of Topliss-reactive ketones (excluding diaryl/α,β-unsaturated/α-hetero) is 1. The first kappa shape index (κ1) is 13.1. The minimum absolute atomic E-state index is 0.0696. The molecule has 0 aromatic carbocycles. The summed E-state index contributed by atoms with van der Waals surface area (Å²) in [5, 5.41) is 0. The van der Waals surface area contributed by atoms with E-state index in [9.17, 15) is 9.59 Å². The average Bonchev–Trinajstić information content (AvgIpc) is 2.18. The van der Waals surface area contributed by atoms with E-state index in [1.807, 2.05) is 0 Å². The molecule has 0 heterocycles. The van der Waals surface area contributed by atoms with Crippen molar-refractivity contribution in [2.24, 2.45) is 5.92 Å². The summed E-state index contributed by atoms with van der Waals surface area (Å²) >= 11 is 0. The molecule has 0 aromatic rings. The van der Waals surface area contributed by atoms with Crippen LogP contribution in [0.2, 0.25) is 0 Å². The summed E-state index contributed by atoms with van der Waals surface area (Å²) in [6.07, 6.45) is -0.803. The predicted octanol–water partition coefficient (Wildman–Crippen LogP) is 0.0260. The fraction of sp³-hybridized carbons (Fsp3) is 0.778. The molecule has 0 rings (SSSR count). The van der Waals surface area contributed by atoms with E-state index in [0.29, 0.717) is 0 Å². The molecule has 14 heavy (non-hydrogen) atoms. The Morgan fingerprint density at radius 2 is 1.79 bits per heavy atom. The Hall–Kier alpha value is -0.940. The molecule has 0 aliphatic rings. The zero-order chi connectivity index (χ0) is 11.1. The molecule has 2 atom stereocenters. The third-order valence-corrected chi connectivity index (χ3v) is 1.88. The molecule has 0 fully saturated rings. The summed E-state index contributed by atoms with van der Waals surface area (Å²) in [7, 11) is 4.05. The number of rotatable bonds is 6. The molecule has 0 spiro atoms. The Kier molecular flexibility index (Phi) is 6.07. The summed E-state index contributed by atoms with van der Waals surface area (Å²) in [6.45, 7) is 1.51. The topological polar surface area (TPSA) is 61.8 Å². The lowest BCUT2D eigenvalue weighted by Crippen LogP contribution is -2.37. The molecular weight excluding hydrogens is 188 g/mol. The number of hydrogen-bond acceptors (Lipinski definition) is 5. The molecule has 0 saturated carbocycles. The Morgan fingerprint density at radius 1 is 1.21 bits per heavy atom. The molecule has 0 amide bonds. The number of hydrogen-bond donors (Lipinski definition) is 0. The molecule has 0 saturated heterocycles. The van der Waals surface area contributed by atoms with Crippen molar-refractivity contribution in [1.82, 2.24) is 0 Å². The maximum atomic E-state index is 11.4. The highest BCUT2D eigenvalue weighted by molar-refractivity contribution is 5.89. The van der Waals surface area contributed by atoms with Crippen LogP contribution in [0.25, 0.3) is 0 Å². The highest BCUT2D eigenvalue weighted by Crippen LogP contribution is 2.10. The van der Waals surface area contributed by atoms with Gasteiger partial charge in [0.1, 0.15) is 12.7 Å². The van der Waals surface area contributed by atoms with Crippen LogP contribution in [-0.4, -0.2) is 45.8 Å². The second-order valence-corrected chi connectivity index (χ2v) is 2.87. The number of methoxy groups -OCH3 is 3. The van der Waals surface area contributed by atoms with Gasteiger partial charge in [-0.15, -0.1) is 0 Å². The normalized spacial score (nSPS) is 14.6. The van der Waals surface area contributed by atoms with Crippen molar-refractivity contribution in [3.63, 3.8) is 0 Å². The second kappa shape index (κ2) is 6.50. The van der Waals surface area contributed by atoms with Crippen LogP contribution in [-0.2, 0) is 23.8 Å². The summed E-state index contributed by atoms with van der Waals surface area (Å²) in [5.41, 5.74) is 0. The Bertz CT molecular complexity index is 201. The van der Waals surface area contributed by atoms with Gasteiger partial charge in [-0.05, 0) is 6.92 Å². The van der Waals surface area contributed by atoms with Crippen LogP contribution < -0.4 is 0 Å². The van der Waals surface area contributed by atoms with Crippen molar-refractivity contribution in [3.8, 4) is 0 Å². The summed E-state index contributed by atoms with van der Waals surface area (Å²) < 4.78 is 14.1. The summed E-state index contributed by atoms with van der Waals surface area (Å²) in [4.78, 5) is 22.5. The van der Waals surface area contributed by atoms with Gasteiger partial charge in [-0.2, -0.15) is 0 Å². The molecular formula is C9H16O5. The highest BCUT2D eigenvalue weighted by atomic mass is 16.5. The Balaban J connectivity index is 4.39. The fourth-order valence-corrected chi connectivity index (χ4v) is 1.15. The van der Waals surface area contributed by atoms with E-state index in [1.54, 1.807) is 6.92 Å². The number of carbonyl (C=O) groups excluding carboxylic acids is 2. The van der Waals surface area contributed by atoms with Crippen LogP contribution in [0, 0.1) is 5.92 Å². The van der Waals surface area contributed by atoms with E-state index in [1.165, 1.54) is 21.3 Å². The van der Waals surface area contributed by atoms with Gasteiger partial charge in [-0.1, -0.05) is 0 Å². The maximum absolute atomic E-state index is 11.4. The molecule has 0 radical (unpaired) electrons. The van der Waals surface area contributed by atoms with Crippen LogP contribution in [0.5, 0.6) is 0 Å². The fourth-order valence-electron chi connectivity index (χ4n) is 1.15. The number of ketones is 1. The quantitative estimate of drug-likeness (QED) is 0.571. The molecule has 5 heteroatoms. The SMILES string of the molecule is COCC(=O)C(OC)C(C)C(=O)OC. The molecule has 0 aromatic heterocycles. The van der Waals surface area contributed by atoms with E-state index in [4.69, 9.17) is 4.74 Å². The zero-order valence-electron chi connectivity index (χ0n) is 8.90. The lowest BCUT2D eigenvalue weighted by atomic mass is 10.0. The first-order valence-corrected chi connectivity index (χ1v) is 4.20. The molecule has 2 unspecified atom stereocenters. The number of esters is 1. The van der Waals surface area contributed by atoms with E-state index < -0.39 is 18.0 Å². The predicted molar refractivity (Wildman–Crippen MR) is 48.9 cm³/mol. The lowest BCUT2D eigenvalue weighted by molar-refractivity contribution is -0.154. The third-order valence-electron chi connectivity index (χ3n) is 1.88. The molecule has 0 aliphatic carbocycles. The van der Waals surface area contributed by atoms with E-state index >= 15 is 0 Å². The van der Waals surface area contributed by atoms with Crippen molar-refractivity contribution in [1.29, 1.82) is 0 Å². The van der Waals surface area contributed by atoms with Crippen LogP contribution in [0.1, 0.15) is 6.92 Å². The highest BCUT2D eigenvalue weighted by Gasteiger charge is 2.30. The van der Waals surface area contributed by atoms with Crippen molar-refractivity contribution in [2.75, 3.05) is 27.9 Å². The van der Waals surface area contributed by atoms with Gasteiger partial charge in [0.15, 0.2) is 5.78 Å². The Labute approximate surface area is 83.3 Å². The Morgan fingerprint density at radius 3 is 2.14 bits per heavy atom. The molecule has 0 N–H and O–H groups in total. The minimum atomic E-state index is -0.803. The first-order valence-electron chi connectivity index (χ1n) is 4.20. The third kappa shape index (κ3) is 3.43. The maximum Gasteiger partial charge on any atom is 0.311 e. The average molecular weight is 204 g/mol. The lowest BCUT2D eigenvalue weighted by Gasteiger charge is -2.18. The van der Waals surface area contributed by atoms with E-state index in [-0.39, 0.29) is 12.4 Å². The number of ether oxygens (including phenoxy) is 3. The standard InChI is InChI=1S/C9H16O5/c1-6(9(11)14-4)8(13-3)7(10)5-12-2/h6,8H,5H2,1-4H3. The van der Waals surface area contributed by atoms with Crippen molar-refractivity contribution < 1.29 is 23.8 Å². The van der Waals surface area contributed by atoms with E-state index in [0.717, 1.165) is 0 Å². The minimum Gasteiger partial charge on any atom is -0.469 e. The van der Waals surface area contributed by atoms with Crippen LogP contribution in [0.4, 0.5) is 0 Å². The monoisotopic (exact) mass is 204 g/mol. The van der Waals surface area contributed by atoms with Crippen LogP contribution in [0.3, 0.4) is 0 Å². The zero-order valence-corrected chi connectivity index (χ0v) is 8.90. The molecule has 0 aliphatic heterocycles. The van der Waals surface area contributed by atoms with Gasteiger partial charge in [0.25, 0.3) is 0 Å². The van der Waals surface area contributed by atoms with Crippen LogP contribution in [0.15, 0.2) is 0 Å². The van der Waals surface area contributed by atoms with Crippen molar-refractivity contribution >= 4 is 11.8 Å². The first-order chi connectivity index (χ1) is 6.58. The van der Waals surface area contributed by atoms with Gasteiger partial charge in [-0.25, -0.2) is 0 Å². The summed E-state index contributed by atoms with van der Waals surface area (Å²) in [6, 6.07) is 0. The van der Waals surface area contributed by atoms with Gasteiger partial charge >= 0.3 is 5.97 Å². The largest absolute Gasteiger partial charge is 0.469 e. The van der Waals surface area contributed by atoms with Gasteiger partial charge in [0.2, 0.25) is 0 Å². The van der Waals surface area contributed by atoms with Gasteiger partial charge in [-0.3, -0.25) is 9.59 Å². The molecule has 0 bridgehead atoms. The second-order valence-electron chi connectivity index (χ2n) is 2.87. The van der Waals surface area contributed by atoms with Gasteiger partial charge in [0.05, 0.1) is 13.0 Å². The number of carbonyl (C=O) groups is 2.